The van der Waals surface area contributed by atoms with Crippen LogP contribution in [0.15, 0.2) is 0 Å². The average Bonchev–Trinajstić information content (AvgIpc) is 2.32. The zero-order valence-electron chi connectivity index (χ0n) is 7.26. The van der Waals surface area contributed by atoms with Crippen molar-refractivity contribution in [3.63, 3.8) is 0 Å². The van der Waals surface area contributed by atoms with Crippen molar-refractivity contribution in [2.24, 2.45) is 5.41 Å². The Labute approximate surface area is 78.3 Å². The molecule has 64 valence electrons. The van der Waals surface area contributed by atoms with Gasteiger partial charge in [-0.3, -0.25) is 5.32 Å². The van der Waals surface area contributed by atoms with Crippen LogP contribution in [0, 0.1) is 5.41 Å². The van der Waals surface area contributed by atoms with Gasteiger partial charge in [0.1, 0.15) is 0 Å². The zero-order chi connectivity index (χ0) is 8.48. The van der Waals surface area contributed by atoms with Gasteiger partial charge in [0.2, 0.25) is 0 Å². The molecule has 0 aliphatic carbocycles. The molecule has 1 saturated heterocycles. The van der Waals surface area contributed by atoms with Crippen molar-refractivity contribution >= 4 is 29.3 Å². The molecule has 1 rings (SSSR count). The predicted molar refractivity (Wildman–Crippen MR) is 56.3 cm³/mol. The fourth-order valence-electron chi connectivity index (χ4n) is 1.07. The van der Waals surface area contributed by atoms with Crippen LogP contribution in [-0.2, 0) is 0 Å². The fraction of sp³-hybridized carbons (Fsp3) is 0.875. The van der Waals surface area contributed by atoms with Gasteiger partial charge in [0.05, 0.1) is 5.37 Å². The van der Waals surface area contributed by atoms with E-state index in [1.165, 1.54) is 5.75 Å². The molecule has 11 heavy (non-hydrogen) atoms. The smallest absolute Gasteiger partial charge is 0.0825 e. The first-order chi connectivity index (χ1) is 5.04. The molecule has 0 aromatic heterocycles. The third kappa shape index (κ3) is 2.42. The lowest BCUT2D eigenvalue weighted by atomic mass is 9.88. The number of rotatable bonds is 1. The van der Waals surface area contributed by atoms with E-state index in [1.54, 1.807) is 0 Å². The Hall–Kier alpha value is 0.400. The Kier molecular flexibility index (Phi) is 2.95. The van der Waals surface area contributed by atoms with Gasteiger partial charge < -0.3 is 0 Å². The molecule has 0 aromatic rings. The lowest BCUT2D eigenvalue weighted by molar-refractivity contribution is 0.306. The van der Waals surface area contributed by atoms with Gasteiger partial charge in [0.25, 0.3) is 0 Å². The van der Waals surface area contributed by atoms with E-state index in [4.69, 9.17) is 12.2 Å². The topological polar surface area (TPSA) is 12.0 Å². The number of hydrogen-bond donors (Lipinski definition) is 1. The average molecular weight is 189 g/mol. The summed E-state index contributed by atoms with van der Waals surface area (Å²) in [5.41, 5.74) is 0.361. The summed E-state index contributed by atoms with van der Waals surface area (Å²) in [4.78, 5) is 0. The molecule has 3 heteroatoms. The maximum atomic E-state index is 4.88. The van der Waals surface area contributed by atoms with E-state index >= 15 is 0 Å². The quantitative estimate of drug-likeness (QED) is 0.634. The summed E-state index contributed by atoms with van der Waals surface area (Å²) >= 11 is 6.79. The normalized spacial score (nSPS) is 32.3. The molecular formula is C8H15NS2. The Morgan fingerprint density at radius 2 is 2.18 bits per heavy atom. The minimum Gasteiger partial charge on any atom is -0.297 e. The minimum atomic E-state index is 0.361. The Bertz CT molecular complexity index is 151. The molecule has 0 spiro atoms. The van der Waals surface area contributed by atoms with Gasteiger partial charge in [-0.25, -0.2) is 0 Å². The van der Waals surface area contributed by atoms with Crippen molar-refractivity contribution in [3.8, 4) is 0 Å². The molecule has 1 heterocycles. The van der Waals surface area contributed by atoms with Gasteiger partial charge in [-0.15, -0.1) is 11.8 Å². The maximum Gasteiger partial charge on any atom is 0.0825 e. The summed E-state index contributed by atoms with van der Waals surface area (Å²) in [6.45, 7) is 6.78. The SMILES string of the molecule is CC(C)(C)[C@@H]1CSC(C=S)N1. The van der Waals surface area contributed by atoms with Gasteiger partial charge in [-0.2, -0.15) is 0 Å². The lowest BCUT2D eigenvalue weighted by Crippen LogP contribution is -2.40. The molecule has 0 amide bonds. The molecule has 0 saturated carbocycles. The summed E-state index contributed by atoms with van der Waals surface area (Å²) in [6.07, 6.45) is 0. The molecule has 0 radical (unpaired) electrons. The first-order valence-electron chi connectivity index (χ1n) is 3.87. The van der Waals surface area contributed by atoms with Crippen LogP contribution in [0.4, 0.5) is 0 Å². The van der Waals surface area contributed by atoms with Crippen LogP contribution in [0.1, 0.15) is 20.8 Å². The third-order valence-electron chi connectivity index (χ3n) is 1.98. The summed E-state index contributed by atoms with van der Waals surface area (Å²) in [7, 11) is 0. The number of hydrogen-bond acceptors (Lipinski definition) is 3. The van der Waals surface area contributed by atoms with Gasteiger partial charge >= 0.3 is 0 Å². The molecule has 0 aromatic carbocycles. The Morgan fingerprint density at radius 1 is 1.55 bits per heavy atom. The number of nitrogens with one attached hydrogen (secondary N) is 1. The molecule has 1 fully saturated rings. The van der Waals surface area contributed by atoms with Crippen LogP contribution >= 0.6 is 24.0 Å². The highest BCUT2D eigenvalue weighted by molar-refractivity contribution is 8.01. The van der Waals surface area contributed by atoms with E-state index in [0.29, 0.717) is 16.8 Å². The van der Waals surface area contributed by atoms with Crippen LogP contribution in [0.25, 0.3) is 0 Å². The van der Waals surface area contributed by atoms with Crippen LogP contribution in [-0.4, -0.2) is 22.5 Å². The first kappa shape index (κ1) is 9.49. The van der Waals surface area contributed by atoms with Gasteiger partial charge in [0, 0.05) is 17.2 Å². The highest BCUT2D eigenvalue weighted by atomic mass is 32.2. The molecule has 1 nitrogen and oxygen atoms in total. The van der Waals surface area contributed by atoms with Crippen molar-refractivity contribution in [1.29, 1.82) is 0 Å². The molecule has 1 unspecified atom stereocenters. The Morgan fingerprint density at radius 3 is 2.45 bits per heavy atom. The molecule has 1 aliphatic rings. The van der Waals surface area contributed by atoms with Crippen molar-refractivity contribution in [1.82, 2.24) is 5.32 Å². The van der Waals surface area contributed by atoms with Crippen molar-refractivity contribution in [3.05, 3.63) is 0 Å². The summed E-state index contributed by atoms with van der Waals surface area (Å²) in [6, 6.07) is 0.608. The Balaban J connectivity index is 2.48. The first-order valence-corrected chi connectivity index (χ1v) is 5.39. The number of thiocarbonyl (C=S) groups is 1. The van der Waals surface area contributed by atoms with Crippen LogP contribution in [0.3, 0.4) is 0 Å². The molecule has 1 aliphatic heterocycles. The monoisotopic (exact) mass is 189 g/mol. The summed E-state index contributed by atoms with van der Waals surface area (Å²) in [5, 5.41) is 5.70. The second-order valence-corrected chi connectivity index (χ2v) is 5.42. The standard InChI is InChI=1S/C8H15NS2/c1-8(2,3)6-5-11-7(4-10)9-6/h4,6-7,9H,5H2,1-3H3/t6-,7?/m0/s1. The van der Waals surface area contributed by atoms with E-state index in [2.05, 4.69) is 26.1 Å². The molecular weight excluding hydrogens is 174 g/mol. The van der Waals surface area contributed by atoms with E-state index < -0.39 is 0 Å². The summed E-state index contributed by atoms with van der Waals surface area (Å²) in [5.74, 6) is 1.18. The van der Waals surface area contributed by atoms with Crippen LogP contribution in [0.2, 0.25) is 0 Å². The summed E-state index contributed by atoms with van der Waals surface area (Å²) < 4.78 is 0. The molecule has 2 atom stereocenters. The maximum absolute atomic E-state index is 4.88. The highest BCUT2D eigenvalue weighted by Crippen LogP contribution is 2.29. The lowest BCUT2D eigenvalue weighted by Gasteiger charge is -2.26. The second-order valence-electron chi connectivity index (χ2n) is 3.98. The van der Waals surface area contributed by atoms with E-state index in [9.17, 15) is 0 Å². The third-order valence-corrected chi connectivity index (χ3v) is 3.58. The largest absolute Gasteiger partial charge is 0.297 e. The van der Waals surface area contributed by atoms with Gasteiger partial charge in [-0.05, 0) is 5.41 Å². The fourth-order valence-corrected chi connectivity index (χ4v) is 2.72. The zero-order valence-corrected chi connectivity index (χ0v) is 8.89. The minimum absolute atomic E-state index is 0.361. The van der Waals surface area contributed by atoms with Crippen molar-refractivity contribution in [2.45, 2.75) is 32.2 Å². The van der Waals surface area contributed by atoms with Crippen molar-refractivity contribution < 1.29 is 0 Å². The number of thioether (sulfide) groups is 1. The second kappa shape index (κ2) is 3.42. The highest BCUT2D eigenvalue weighted by Gasteiger charge is 2.31. The predicted octanol–water partition coefficient (Wildman–Crippen LogP) is 2.06. The van der Waals surface area contributed by atoms with Gasteiger partial charge in [-0.1, -0.05) is 33.0 Å². The molecule has 1 N–H and O–H groups in total. The van der Waals surface area contributed by atoms with Crippen LogP contribution in [0.5, 0.6) is 0 Å². The molecule has 0 bridgehead atoms. The van der Waals surface area contributed by atoms with E-state index in [1.807, 2.05) is 17.1 Å². The van der Waals surface area contributed by atoms with E-state index in [-0.39, 0.29) is 0 Å². The van der Waals surface area contributed by atoms with Crippen LogP contribution < -0.4 is 5.32 Å². The van der Waals surface area contributed by atoms with E-state index in [0.717, 1.165) is 0 Å². The van der Waals surface area contributed by atoms with Crippen molar-refractivity contribution in [2.75, 3.05) is 5.75 Å². The van der Waals surface area contributed by atoms with Gasteiger partial charge in [0.15, 0.2) is 0 Å².